The van der Waals surface area contributed by atoms with Crippen molar-refractivity contribution < 1.29 is 4.74 Å². The van der Waals surface area contributed by atoms with E-state index in [1.807, 2.05) is 0 Å². The molecule has 2 aliphatic rings. The number of benzene rings is 1. The van der Waals surface area contributed by atoms with Gasteiger partial charge in [-0.3, -0.25) is 4.90 Å². The Bertz CT molecular complexity index is 480. The van der Waals surface area contributed by atoms with Crippen molar-refractivity contribution in [2.24, 2.45) is 5.73 Å². The molecule has 19 heavy (non-hydrogen) atoms. The molecule has 0 aliphatic carbocycles. The van der Waals surface area contributed by atoms with Crippen LogP contribution in [0.5, 0.6) is 5.75 Å². The fourth-order valence-electron chi connectivity index (χ4n) is 3.89. The number of nitrogens with two attached hydrogens (primary N) is 1. The number of hydrogen-bond donors (Lipinski definition) is 1. The van der Waals surface area contributed by atoms with Crippen molar-refractivity contribution in [3.8, 4) is 5.75 Å². The first-order chi connectivity index (χ1) is 9.17. The number of nitrogens with zero attached hydrogens (tertiary/aromatic N) is 1. The Morgan fingerprint density at radius 3 is 2.68 bits per heavy atom. The number of rotatable bonds is 2. The molecule has 0 bridgehead atoms. The molecular weight excluding hydrogens is 236 g/mol. The van der Waals surface area contributed by atoms with Crippen LogP contribution in [0.3, 0.4) is 0 Å². The van der Waals surface area contributed by atoms with Crippen LogP contribution in [0, 0.1) is 13.8 Å². The Morgan fingerprint density at radius 1 is 1.26 bits per heavy atom. The van der Waals surface area contributed by atoms with Gasteiger partial charge in [0.2, 0.25) is 0 Å². The lowest BCUT2D eigenvalue weighted by Gasteiger charge is -2.46. The third-order valence-electron chi connectivity index (χ3n) is 4.73. The summed E-state index contributed by atoms with van der Waals surface area (Å²) < 4.78 is 5.92. The minimum atomic E-state index is 0.00185. The first-order valence-corrected chi connectivity index (χ1v) is 7.37. The third-order valence-corrected chi connectivity index (χ3v) is 4.73. The normalized spacial score (nSPS) is 27.1. The van der Waals surface area contributed by atoms with Crippen LogP contribution in [0.4, 0.5) is 0 Å². The first kappa shape index (κ1) is 12.9. The van der Waals surface area contributed by atoms with E-state index in [1.165, 1.54) is 42.6 Å². The van der Waals surface area contributed by atoms with Crippen LogP contribution >= 0.6 is 0 Å². The SMILES string of the molecule is Cc1cc(C)c2c(c1)OCCC2(CN)N1CCCC1. The first-order valence-electron chi connectivity index (χ1n) is 7.37. The van der Waals surface area contributed by atoms with Gasteiger partial charge < -0.3 is 10.5 Å². The molecule has 0 aromatic heterocycles. The van der Waals surface area contributed by atoms with Gasteiger partial charge in [-0.05, 0) is 57.0 Å². The van der Waals surface area contributed by atoms with Crippen molar-refractivity contribution in [3.05, 3.63) is 28.8 Å². The predicted octanol–water partition coefficient (Wildman–Crippen LogP) is 2.34. The summed E-state index contributed by atoms with van der Waals surface area (Å²) in [5, 5.41) is 0. The van der Waals surface area contributed by atoms with Crippen molar-refractivity contribution in [3.63, 3.8) is 0 Å². The summed E-state index contributed by atoms with van der Waals surface area (Å²) in [4.78, 5) is 2.59. The molecule has 2 heterocycles. The maximum absolute atomic E-state index is 6.24. The van der Waals surface area contributed by atoms with Crippen LogP contribution in [0.2, 0.25) is 0 Å². The average molecular weight is 260 g/mol. The van der Waals surface area contributed by atoms with Gasteiger partial charge in [0, 0.05) is 18.5 Å². The van der Waals surface area contributed by atoms with Crippen LogP contribution in [0.25, 0.3) is 0 Å². The second-order valence-electron chi connectivity index (χ2n) is 5.98. The molecule has 1 atom stereocenters. The quantitative estimate of drug-likeness (QED) is 0.887. The van der Waals surface area contributed by atoms with Gasteiger partial charge in [0.25, 0.3) is 0 Å². The molecule has 0 saturated carbocycles. The largest absolute Gasteiger partial charge is 0.493 e. The smallest absolute Gasteiger partial charge is 0.124 e. The van der Waals surface area contributed by atoms with Gasteiger partial charge in [0.1, 0.15) is 5.75 Å². The Labute approximate surface area is 115 Å². The van der Waals surface area contributed by atoms with Crippen LogP contribution in [0.1, 0.15) is 36.0 Å². The van der Waals surface area contributed by atoms with Crippen LogP contribution < -0.4 is 10.5 Å². The summed E-state index contributed by atoms with van der Waals surface area (Å²) in [6.07, 6.45) is 3.60. The van der Waals surface area contributed by atoms with Gasteiger partial charge in [-0.1, -0.05) is 6.07 Å². The Morgan fingerprint density at radius 2 is 2.00 bits per heavy atom. The van der Waals surface area contributed by atoms with Gasteiger partial charge in [-0.25, -0.2) is 0 Å². The molecule has 1 aromatic carbocycles. The zero-order chi connectivity index (χ0) is 13.5. The van der Waals surface area contributed by atoms with Gasteiger partial charge in [0.05, 0.1) is 12.1 Å². The number of fused-ring (bicyclic) bond motifs is 1. The summed E-state index contributed by atoms with van der Waals surface area (Å²) in [5.41, 5.74) is 10.2. The zero-order valence-electron chi connectivity index (χ0n) is 12.0. The molecule has 3 rings (SSSR count). The molecular formula is C16H24N2O. The summed E-state index contributed by atoms with van der Waals surface area (Å²) >= 11 is 0. The molecule has 1 aromatic rings. The lowest BCUT2D eigenvalue weighted by molar-refractivity contribution is 0.0690. The monoisotopic (exact) mass is 260 g/mol. The summed E-state index contributed by atoms with van der Waals surface area (Å²) in [5.74, 6) is 1.06. The fourth-order valence-corrected chi connectivity index (χ4v) is 3.89. The average Bonchev–Trinajstić information content (AvgIpc) is 2.91. The minimum Gasteiger partial charge on any atom is -0.493 e. The highest BCUT2D eigenvalue weighted by Gasteiger charge is 2.43. The molecule has 104 valence electrons. The maximum atomic E-state index is 6.24. The molecule has 1 fully saturated rings. The topological polar surface area (TPSA) is 38.5 Å². The third kappa shape index (κ3) is 1.96. The molecule has 2 aliphatic heterocycles. The lowest BCUT2D eigenvalue weighted by Crippen LogP contribution is -2.53. The number of hydrogen-bond acceptors (Lipinski definition) is 3. The van der Waals surface area contributed by atoms with Gasteiger partial charge in [-0.15, -0.1) is 0 Å². The van der Waals surface area contributed by atoms with E-state index in [2.05, 4.69) is 30.9 Å². The second kappa shape index (κ2) is 4.80. The maximum Gasteiger partial charge on any atom is 0.124 e. The van der Waals surface area contributed by atoms with Crippen molar-refractivity contribution in [2.45, 2.75) is 38.6 Å². The van der Waals surface area contributed by atoms with E-state index in [0.717, 1.165) is 18.8 Å². The number of ether oxygens (including phenoxy) is 1. The van der Waals surface area contributed by atoms with E-state index in [0.29, 0.717) is 6.54 Å². The molecule has 0 amide bonds. The summed E-state index contributed by atoms with van der Waals surface area (Å²) in [7, 11) is 0. The highest BCUT2D eigenvalue weighted by molar-refractivity contribution is 5.49. The second-order valence-corrected chi connectivity index (χ2v) is 5.98. The summed E-state index contributed by atoms with van der Waals surface area (Å²) in [6, 6.07) is 4.43. The standard InChI is InChI=1S/C16H24N2O/c1-12-9-13(2)15-14(10-12)19-8-5-16(15,11-17)18-6-3-4-7-18/h9-10H,3-8,11,17H2,1-2H3. The van der Waals surface area contributed by atoms with E-state index in [-0.39, 0.29) is 5.54 Å². The van der Waals surface area contributed by atoms with E-state index in [9.17, 15) is 0 Å². The van der Waals surface area contributed by atoms with Gasteiger partial charge in [0.15, 0.2) is 0 Å². The molecule has 1 unspecified atom stereocenters. The molecule has 3 nitrogen and oxygen atoms in total. The zero-order valence-corrected chi connectivity index (χ0v) is 12.0. The van der Waals surface area contributed by atoms with Crippen LogP contribution in [0.15, 0.2) is 12.1 Å². The molecule has 1 saturated heterocycles. The number of aryl methyl sites for hydroxylation is 2. The van der Waals surface area contributed by atoms with E-state index < -0.39 is 0 Å². The van der Waals surface area contributed by atoms with Crippen LogP contribution in [-0.4, -0.2) is 31.1 Å². The predicted molar refractivity (Wildman–Crippen MR) is 77.6 cm³/mol. The lowest BCUT2D eigenvalue weighted by atomic mass is 9.80. The van der Waals surface area contributed by atoms with Gasteiger partial charge >= 0.3 is 0 Å². The van der Waals surface area contributed by atoms with Crippen LogP contribution in [-0.2, 0) is 5.54 Å². The molecule has 0 radical (unpaired) electrons. The number of likely N-dealkylation sites (tertiary alicyclic amines) is 1. The Kier molecular flexibility index (Phi) is 3.27. The van der Waals surface area contributed by atoms with Crippen molar-refractivity contribution in [1.29, 1.82) is 0 Å². The molecule has 2 N–H and O–H groups in total. The van der Waals surface area contributed by atoms with Crippen molar-refractivity contribution >= 4 is 0 Å². The van der Waals surface area contributed by atoms with Crippen molar-refractivity contribution in [1.82, 2.24) is 4.90 Å². The molecule has 3 heteroatoms. The van der Waals surface area contributed by atoms with E-state index >= 15 is 0 Å². The Balaban J connectivity index is 2.13. The van der Waals surface area contributed by atoms with E-state index in [1.54, 1.807) is 0 Å². The minimum absolute atomic E-state index is 0.00185. The highest BCUT2D eigenvalue weighted by Crippen LogP contribution is 2.44. The van der Waals surface area contributed by atoms with Gasteiger partial charge in [-0.2, -0.15) is 0 Å². The fraction of sp³-hybridized carbons (Fsp3) is 0.625. The van der Waals surface area contributed by atoms with Crippen molar-refractivity contribution in [2.75, 3.05) is 26.2 Å². The van der Waals surface area contributed by atoms with E-state index in [4.69, 9.17) is 10.5 Å². The molecule has 0 spiro atoms. The summed E-state index contributed by atoms with van der Waals surface area (Å²) in [6.45, 7) is 8.14. The highest BCUT2D eigenvalue weighted by atomic mass is 16.5. The Hall–Kier alpha value is -1.06.